The normalized spacial score (nSPS) is 19.9. The Hall–Kier alpha value is -3.62. The van der Waals surface area contributed by atoms with Gasteiger partial charge in [0.15, 0.2) is 0 Å². The highest BCUT2D eigenvalue weighted by Crippen LogP contribution is 2.42. The van der Waals surface area contributed by atoms with Crippen molar-refractivity contribution in [3.63, 3.8) is 0 Å². The van der Waals surface area contributed by atoms with Gasteiger partial charge in [-0.3, -0.25) is 14.5 Å². The highest BCUT2D eigenvalue weighted by atomic mass is 16.5. The van der Waals surface area contributed by atoms with Gasteiger partial charge in [-0.15, -0.1) is 0 Å². The minimum atomic E-state index is -0.762. The van der Waals surface area contributed by atoms with Crippen LogP contribution < -0.4 is 9.47 Å². The summed E-state index contributed by atoms with van der Waals surface area (Å²) < 4.78 is 16.5. The topological polar surface area (TPSA) is 88.5 Å². The zero-order valence-corrected chi connectivity index (χ0v) is 20.5. The molecular formula is C28H32N2O6. The Morgan fingerprint density at radius 3 is 2.53 bits per heavy atom. The first-order valence-electron chi connectivity index (χ1n) is 12.1. The minimum Gasteiger partial charge on any atom is -0.507 e. The maximum atomic E-state index is 13.3. The van der Waals surface area contributed by atoms with Crippen molar-refractivity contribution in [3.8, 4) is 11.5 Å². The number of aliphatic hydroxyl groups excluding tert-OH is 1. The van der Waals surface area contributed by atoms with E-state index in [1.165, 1.54) is 0 Å². The lowest BCUT2D eigenvalue weighted by molar-refractivity contribution is -0.140. The van der Waals surface area contributed by atoms with Crippen molar-refractivity contribution in [1.82, 2.24) is 9.80 Å². The van der Waals surface area contributed by atoms with E-state index >= 15 is 0 Å². The van der Waals surface area contributed by atoms with E-state index in [9.17, 15) is 14.7 Å². The van der Waals surface area contributed by atoms with Gasteiger partial charge in [-0.25, -0.2) is 0 Å². The molecule has 2 fully saturated rings. The second-order valence-corrected chi connectivity index (χ2v) is 8.67. The highest BCUT2D eigenvalue weighted by molar-refractivity contribution is 6.46. The number of hydrogen-bond donors (Lipinski definition) is 1. The van der Waals surface area contributed by atoms with Crippen molar-refractivity contribution < 1.29 is 28.9 Å². The molecule has 0 radical (unpaired) electrons. The predicted molar refractivity (Wildman–Crippen MR) is 136 cm³/mol. The summed E-state index contributed by atoms with van der Waals surface area (Å²) in [7, 11) is 1.55. The third-order valence-corrected chi connectivity index (χ3v) is 6.45. The van der Waals surface area contributed by atoms with Gasteiger partial charge in [0.2, 0.25) is 0 Å². The zero-order chi connectivity index (χ0) is 25.5. The fourth-order valence-electron chi connectivity index (χ4n) is 4.64. The minimum absolute atomic E-state index is 0.0515. The number of morpholine rings is 1. The number of amides is 1. The predicted octanol–water partition coefficient (Wildman–Crippen LogP) is 3.40. The van der Waals surface area contributed by atoms with Crippen LogP contribution in [0.2, 0.25) is 0 Å². The van der Waals surface area contributed by atoms with Crippen molar-refractivity contribution in [3.05, 3.63) is 77.9 Å². The average molecular weight is 493 g/mol. The van der Waals surface area contributed by atoms with Crippen LogP contribution >= 0.6 is 0 Å². The van der Waals surface area contributed by atoms with Crippen LogP contribution in [0, 0.1) is 0 Å². The molecule has 2 saturated heterocycles. The Kier molecular flexibility index (Phi) is 8.40. The number of hydrogen-bond acceptors (Lipinski definition) is 7. The van der Waals surface area contributed by atoms with Crippen LogP contribution in [0.5, 0.6) is 11.5 Å². The molecular weight excluding hydrogens is 460 g/mol. The molecule has 4 rings (SSSR count). The summed E-state index contributed by atoms with van der Waals surface area (Å²) >= 11 is 0. The molecule has 2 heterocycles. The molecule has 2 aromatic carbocycles. The van der Waals surface area contributed by atoms with Crippen LogP contribution in [0.4, 0.5) is 0 Å². The van der Waals surface area contributed by atoms with Crippen LogP contribution in [0.3, 0.4) is 0 Å². The van der Waals surface area contributed by atoms with E-state index in [1.807, 2.05) is 18.2 Å². The van der Waals surface area contributed by atoms with Crippen molar-refractivity contribution in [2.24, 2.45) is 0 Å². The number of ether oxygens (including phenoxy) is 3. The molecule has 2 aromatic rings. The van der Waals surface area contributed by atoms with E-state index in [0.717, 1.165) is 19.6 Å². The van der Waals surface area contributed by atoms with Gasteiger partial charge in [-0.1, -0.05) is 30.9 Å². The van der Waals surface area contributed by atoms with Crippen molar-refractivity contribution >= 4 is 17.4 Å². The van der Waals surface area contributed by atoms with Crippen LogP contribution in [-0.4, -0.2) is 79.7 Å². The second-order valence-electron chi connectivity index (χ2n) is 8.67. The van der Waals surface area contributed by atoms with Gasteiger partial charge >= 0.3 is 0 Å². The molecule has 2 aliphatic heterocycles. The number of aliphatic hydroxyl groups is 1. The largest absolute Gasteiger partial charge is 0.507 e. The summed E-state index contributed by atoms with van der Waals surface area (Å²) in [6, 6.07) is 13.2. The highest BCUT2D eigenvalue weighted by Gasteiger charge is 2.46. The number of methoxy groups -OCH3 is 1. The van der Waals surface area contributed by atoms with Crippen molar-refractivity contribution in [2.45, 2.75) is 12.5 Å². The molecule has 0 aliphatic carbocycles. The lowest BCUT2D eigenvalue weighted by Gasteiger charge is -2.29. The number of Topliss-reactive ketones (excluding diaryl/α,β-unsaturated/α-hetero) is 1. The first-order valence-corrected chi connectivity index (χ1v) is 12.1. The van der Waals surface area contributed by atoms with Gasteiger partial charge in [0, 0.05) is 37.3 Å². The second kappa shape index (κ2) is 11.9. The molecule has 1 atom stereocenters. The van der Waals surface area contributed by atoms with Crippen molar-refractivity contribution in [1.29, 1.82) is 0 Å². The fraction of sp³-hybridized carbons (Fsp3) is 0.357. The monoisotopic (exact) mass is 492 g/mol. The van der Waals surface area contributed by atoms with Gasteiger partial charge in [-0.2, -0.15) is 0 Å². The summed E-state index contributed by atoms with van der Waals surface area (Å²) in [5, 5.41) is 11.3. The van der Waals surface area contributed by atoms with E-state index in [0.29, 0.717) is 55.4 Å². The van der Waals surface area contributed by atoms with Crippen LogP contribution in [-0.2, 0) is 14.3 Å². The van der Waals surface area contributed by atoms with Crippen LogP contribution in [0.25, 0.3) is 5.76 Å². The third-order valence-electron chi connectivity index (χ3n) is 6.45. The Morgan fingerprint density at radius 2 is 1.83 bits per heavy atom. The molecule has 1 amide bonds. The first kappa shape index (κ1) is 25.5. The molecule has 2 aliphatic rings. The Balaban J connectivity index is 1.67. The van der Waals surface area contributed by atoms with E-state index in [2.05, 4.69) is 11.5 Å². The Bertz CT molecular complexity index is 1120. The molecule has 36 heavy (non-hydrogen) atoms. The maximum absolute atomic E-state index is 13.3. The van der Waals surface area contributed by atoms with Crippen LogP contribution in [0.15, 0.2) is 66.8 Å². The van der Waals surface area contributed by atoms with Gasteiger partial charge in [0.1, 0.15) is 23.9 Å². The lowest BCUT2D eigenvalue weighted by atomic mass is 9.94. The quantitative estimate of drug-likeness (QED) is 0.235. The molecule has 0 saturated carbocycles. The standard InChI is InChI=1S/C28H32N2O6/c1-3-17-36-21-11-9-20(10-12-21)26(31)24-25(22-7-4-5-8-23(22)34-2)30(28(33)27(24)32)14-6-13-29-15-18-35-19-16-29/h3-5,7-12,25,31H,1,6,13-19H2,2H3/b26-24+/t25-/m0/s1. The number of benzene rings is 2. The number of para-hydroxylation sites is 1. The number of likely N-dealkylation sites (tertiary alicyclic amines) is 1. The number of carbonyl (C=O) groups is 2. The summed E-state index contributed by atoms with van der Waals surface area (Å²) in [6.07, 6.45) is 2.33. The molecule has 1 N–H and O–H groups in total. The van der Waals surface area contributed by atoms with Gasteiger partial charge in [0.25, 0.3) is 11.7 Å². The molecule has 8 nitrogen and oxygen atoms in total. The Morgan fingerprint density at radius 1 is 1.11 bits per heavy atom. The molecule has 0 aromatic heterocycles. The molecule has 0 bridgehead atoms. The first-order chi connectivity index (χ1) is 17.5. The van der Waals surface area contributed by atoms with E-state index in [4.69, 9.17) is 14.2 Å². The average Bonchev–Trinajstić information content (AvgIpc) is 3.17. The molecule has 0 spiro atoms. The number of carbonyl (C=O) groups excluding carboxylic acids is 2. The molecule has 190 valence electrons. The fourth-order valence-corrected chi connectivity index (χ4v) is 4.64. The SMILES string of the molecule is C=CCOc1ccc(/C(O)=C2\C(=O)C(=O)N(CCCN3CCOCC3)[C@H]2c2ccccc2OC)cc1. The number of rotatable bonds is 10. The Labute approximate surface area is 211 Å². The van der Waals surface area contributed by atoms with E-state index < -0.39 is 17.7 Å². The summed E-state index contributed by atoms with van der Waals surface area (Å²) in [6.45, 7) is 8.24. The number of ketones is 1. The molecule has 8 heteroatoms. The van der Waals surface area contributed by atoms with Gasteiger partial charge in [-0.05, 0) is 36.8 Å². The lowest BCUT2D eigenvalue weighted by Crippen LogP contribution is -2.39. The maximum Gasteiger partial charge on any atom is 0.295 e. The third kappa shape index (κ3) is 5.45. The zero-order valence-electron chi connectivity index (χ0n) is 20.5. The summed E-state index contributed by atoms with van der Waals surface area (Å²) in [5.41, 5.74) is 1.13. The van der Waals surface area contributed by atoms with Gasteiger partial charge < -0.3 is 24.2 Å². The van der Waals surface area contributed by atoms with Gasteiger partial charge in [0.05, 0.1) is 31.9 Å². The van der Waals surface area contributed by atoms with Crippen molar-refractivity contribution in [2.75, 3.05) is 53.1 Å². The summed E-state index contributed by atoms with van der Waals surface area (Å²) in [5.74, 6) is -0.407. The number of nitrogens with zero attached hydrogens (tertiary/aromatic N) is 2. The van der Waals surface area contributed by atoms with Crippen LogP contribution in [0.1, 0.15) is 23.6 Å². The molecule has 0 unspecified atom stereocenters. The van der Waals surface area contributed by atoms with E-state index in [-0.39, 0.29) is 11.3 Å². The smallest absolute Gasteiger partial charge is 0.295 e. The van der Waals surface area contributed by atoms with E-state index in [1.54, 1.807) is 48.4 Å². The summed E-state index contributed by atoms with van der Waals surface area (Å²) in [4.78, 5) is 30.3.